The van der Waals surface area contributed by atoms with Crippen LogP contribution in [0.2, 0.25) is 0 Å². The van der Waals surface area contributed by atoms with Gasteiger partial charge in [0.1, 0.15) is 0 Å². The first kappa shape index (κ1) is 33.2. The summed E-state index contributed by atoms with van der Waals surface area (Å²) < 4.78 is 12.8. The molecule has 1 aliphatic heterocycles. The normalized spacial score (nSPS) is 18.0. The Bertz CT molecular complexity index is 1380. The number of hydroxylamine groups is 1. The number of carbonyl (C=O) groups is 3. The summed E-state index contributed by atoms with van der Waals surface area (Å²) in [6.45, 7) is -0.0423. The van der Waals surface area contributed by atoms with Gasteiger partial charge in [-0.2, -0.15) is 0 Å². The van der Waals surface area contributed by atoms with Crippen LogP contribution in [0.25, 0.3) is 0 Å². The van der Waals surface area contributed by atoms with Crippen LogP contribution in [0.3, 0.4) is 0 Å². The van der Waals surface area contributed by atoms with Crippen molar-refractivity contribution in [3.8, 4) is 0 Å². The van der Waals surface area contributed by atoms with Gasteiger partial charge in [0.15, 0.2) is 6.29 Å². The predicted molar refractivity (Wildman–Crippen MR) is 165 cm³/mol. The molecule has 4 rings (SSSR count). The number of ether oxygens (including phenoxy) is 2. The molecular weight excluding hydrogens is 584 g/mol. The van der Waals surface area contributed by atoms with Crippen LogP contribution < -0.4 is 10.8 Å². The van der Waals surface area contributed by atoms with Gasteiger partial charge >= 0.3 is 5.97 Å². The summed E-state index contributed by atoms with van der Waals surface area (Å²) in [6.07, 6.45) is 3.04. The average molecular weight is 623 g/mol. The number of benzene rings is 3. The first-order valence-electron chi connectivity index (χ1n) is 14.6. The monoisotopic (exact) mass is 622 g/mol. The molecular formula is C33H38N2O8S. The number of unbranched alkanes of at least 4 members (excludes halogenated alkanes) is 3. The van der Waals surface area contributed by atoms with Gasteiger partial charge in [-0.05, 0) is 60.4 Å². The maximum atomic E-state index is 12.6. The molecule has 0 saturated carbocycles. The Morgan fingerprint density at radius 1 is 0.841 bits per heavy atom. The van der Waals surface area contributed by atoms with E-state index in [4.69, 9.17) is 14.7 Å². The van der Waals surface area contributed by atoms with Crippen molar-refractivity contribution in [3.63, 3.8) is 0 Å². The second kappa shape index (κ2) is 16.9. The lowest BCUT2D eigenvalue weighted by atomic mass is 10.0. The van der Waals surface area contributed by atoms with Gasteiger partial charge in [0.2, 0.25) is 11.8 Å². The number of anilines is 1. The molecule has 234 valence electrons. The van der Waals surface area contributed by atoms with Crippen molar-refractivity contribution in [2.24, 2.45) is 0 Å². The second-order valence-electron chi connectivity index (χ2n) is 10.6. The molecule has 11 heteroatoms. The molecule has 44 heavy (non-hydrogen) atoms. The number of nitrogens with one attached hydrogen (secondary N) is 2. The SMILES string of the molecule is O=C(CCCCCCC(=O)Nc1cccc([C@@H]2O[C@H](CSc3ccc(C(=O)O)cc3)C[C@H](c3ccc(CO)cc3)O2)c1)NO. The van der Waals surface area contributed by atoms with E-state index in [1.54, 1.807) is 41.5 Å². The Kier molecular flexibility index (Phi) is 12.8. The molecule has 0 aromatic heterocycles. The van der Waals surface area contributed by atoms with Gasteiger partial charge in [0.05, 0.1) is 24.4 Å². The Balaban J connectivity index is 1.39. The van der Waals surface area contributed by atoms with E-state index in [0.29, 0.717) is 37.1 Å². The van der Waals surface area contributed by atoms with Crippen molar-refractivity contribution < 1.29 is 39.3 Å². The number of aliphatic hydroxyl groups excluding tert-OH is 1. The largest absolute Gasteiger partial charge is 0.478 e. The maximum absolute atomic E-state index is 12.6. The highest BCUT2D eigenvalue weighted by Gasteiger charge is 2.32. The van der Waals surface area contributed by atoms with E-state index < -0.39 is 18.2 Å². The van der Waals surface area contributed by atoms with Crippen molar-refractivity contribution in [2.75, 3.05) is 11.1 Å². The van der Waals surface area contributed by atoms with Gasteiger partial charge in [-0.15, -0.1) is 11.8 Å². The van der Waals surface area contributed by atoms with E-state index in [9.17, 15) is 24.6 Å². The Labute approximate surface area is 260 Å². The fourth-order valence-electron chi connectivity index (χ4n) is 4.87. The molecule has 10 nitrogen and oxygen atoms in total. The van der Waals surface area contributed by atoms with Crippen LogP contribution in [0.5, 0.6) is 0 Å². The van der Waals surface area contributed by atoms with E-state index in [1.165, 1.54) is 0 Å². The summed E-state index contributed by atoms with van der Waals surface area (Å²) in [4.78, 5) is 35.8. The molecule has 1 fully saturated rings. The number of aliphatic hydroxyl groups is 1. The number of hydrogen-bond acceptors (Lipinski definition) is 8. The first-order chi connectivity index (χ1) is 21.3. The van der Waals surface area contributed by atoms with E-state index in [0.717, 1.165) is 34.4 Å². The molecule has 1 saturated heterocycles. The number of carboxylic acids is 1. The first-order valence-corrected chi connectivity index (χ1v) is 15.6. The third kappa shape index (κ3) is 10.2. The van der Waals surface area contributed by atoms with E-state index in [1.807, 2.05) is 48.5 Å². The summed E-state index contributed by atoms with van der Waals surface area (Å²) in [5, 5.41) is 30.1. The molecule has 2 amide bonds. The van der Waals surface area contributed by atoms with Gasteiger partial charge in [0.25, 0.3) is 0 Å². The van der Waals surface area contributed by atoms with Crippen LogP contribution in [0.1, 0.15) is 84.4 Å². The zero-order chi connectivity index (χ0) is 31.3. The zero-order valence-corrected chi connectivity index (χ0v) is 25.1. The van der Waals surface area contributed by atoms with Crippen molar-refractivity contribution in [1.29, 1.82) is 0 Å². The standard InChI is InChI=1S/C33H38N2O8S/c36-20-22-10-12-23(13-11-22)29-19-27(21-44-28-16-14-24(15-17-28)32(39)40)42-33(43-29)25-6-5-7-26(18-25)34-30(37)8-3-1-2-4-9-31(38)35-41/h5-7,10-18,27,29,33,36,41H,1-4,8-9,19-21H2,(H,34,37)(H,35,38)(H,39,40)/t27-,29+,33+/m0/s1. The molecule has 3 aromatic rings. The Hall–Kier alpha value is -3.74. The molecule has 1 aliphatic rings. The molecule has 1 heterocycles. The van der Waals surface area contributed by atoms with E-state index >= 15 is 0 Å². The lowest BCUT2D eigenvalue weighted by molar-refractivity contribution is -0.245. The van der Waals surface area contributed by atoms with Crippen molar-refractivity contribution in [1.82, 2.24) is 5.48 Å². The molecule has 3 atom stereocenters. The second-order valence-corrected chi connectivity index (χ2v) is 11.7. The number of aromatic carboxylic acids is 1. The fourth-order valence-corrected chi connectivity index (χ4v) is 5.79. The third-order valence-corrected chi connectivity index (χ3v) is 8.42. The minimum absolute atomic E-state index is 0.0423. The topological polar surface area (TPSA) is 154 Å². The van der Waals surface area contributed by atoms with Crippen LogP contribution in [-0.4, -0.2) is 45.1 Å². The van der Waals surface area contributed by atoms with Gasteiger partial charge in [0, 0.05) is 41.2 Å². The van der Waals surface area contributed by atoms with Crippen LogP contribution in [0.4, 0.5) is 5.69 Å². The summed E-state index contributed by atoms with van der Waals surface area (Å²) in [5.41, 5.74) is 5.04. The molecule has 0 unspecified atom stereocenters. The molecule has 0 spiro atoms. The van der Waals surface area contributed by atoms with Crippen molar-refractivity contribution in [2.45, 2.75) is 74.9 Å². The van der Waals surface area contributed by atoms with Crippen molar-refractivity contribution in [3.05, 3.63) is 95.1 Å². The lowest BCUT2D eigenvalue weighted by Gasteiger charge is -2.36. The lowest BCUT2D eigenvalue weighted by Crippen LogP contribution is -2.31. The van der Waals surface area contributed by atoms with Crippen LogP contribution >= 0.6 is 11.8 Å². The summed E-state index contributed by atoms with van der Waals surface area (Å²) in [7, 11) is 0. The highest BCUT2D eigenvalue weighted by Crippen LogP contribution is 2.40. The number of carbonyl (C=O) groups excluding carboxylic acids is 2. The van der Waals surface area contributed by atoms with Crippen molar-refractivity contribution >= 4 is 35.2 Å². The number of amides is 2. The molecule has 5 N–H and O–H groups in total. The Morgan fingerprint density at radius 2 is 1.55 bits per heavy atom. The summed E-state index contributed by atoms with van der Waals surface area (Å²) in [6, 6.07) is 21.8. The van der Waals surface area contributed by atoms with Gasteiger partial charge in [-0.3, -0.25) is 14.8 Å². The highest BCUT2D eigenvalue weighted by molar-refractivity contribution is 7.99. The molecule has 0 radical (unpaired) electrons. The molecule has 0 aliphatic carbocycles. The van der Waals surface area contributed by atoms with Crippen LogP contribution in [0.15, 0.2) is 77.7 Å². The minimum atomic E-state index is -0.965. The van der Waals surface area contributed by atoms with Crippen LogP contribution in [-0.2, 0) is 25.7 Å². The summed E-state index contributed by atoms with van der Waals surface area (Å²) in [5.74, 6) is -0.853. The van der Waals surface area contributed by atoms with E-state index in [-0.39, 0.29) is 36.7 Å². The highest BCUT2D eigenvalue weighted by atomic mass is 32.2. The maximum Gasteiger partial charge on any atom is 0.335 e. The Morgan fingerprint density at radius 3 is 2.20 bits per heavy atom. The quantitative estimate of drug-likeness (QED) is 0.0594. The molecule has 3 aromatic carbocycles. The third-order valence-electron chi connectivity index (χ3n) is 7.28. The van der Waals surface area contributed by atoms with E-state index in [2.05, 4.69) is 5.32 Å². The molecule has 0 bridgehead atoms. The van der Waals surface area contributed by atoms with Gasteiger partial charge in [-0.25, -0.2) is 10.3 Å². The number of rotatable bonds is 15. The number of carboxylic acid groups (broad SMARTS) is 1. The average Bonchev–Trinajstić information content (AvgIpc) is 3.05. The minimum Gasteiger partial charge on any atom is -0.478 e. The van der Waals surface area contributed by atoms with Gasteiger partial charge < -0.3 is 25.0 Å². The predicted octanol–water partition coefficient (Wildman–Crippen LogP) is 6.00. The fraction of sp³-hybridized carbons (Fsp3) is 0.364. The summed E-state index contributed by atoms with van der Waals surface area (Å²) >= 11 is 1.58. The number of hydrogen-bond donors (Lipinski definition) is 5. The zero-order valence-electron chi connectivity index (χ0n) is 24.3. The van der Waals surface area contributed by atoms with Crippen LogP contribution in [0, 0.1) is 0 Å². The van der Waals surface area contributed by atoms with Gasteiger partial charge in [-0.1, -0.05) is 49.2 Å². The number of thioether (sulfide) groups is 1. The smallest absolute Gasteiger partial charge is 0.335 e.